The van der Waals surface area contributed by atoms with E-state index in [1.165, 1.54) is 0 Å². The number of fused-ring (bicyclic) bond motifs is 1. The van der Waals surface area contributed by atoms with E-state index < -0.39 is 0 Å². The van der Waals surface area contributed by atoms with Crippen molar-refractivity contribution < 1.29 is 4.79 Å². The first-order chi connectivity index (χ1) is 11.6. The van der Waals surface area contributed by atoms with Gasteiger partial charge in [-0.3, -0.25) is 9.78 Å². The van der Waals surface area contributed by atoms with Gasteiger partial charge in [0.15, 0.2) is 0 Å². The van der Waals surface area contributed by atoms with Crippen LogP contribution in [-0.2, 0) is 4.79 Å². The fourth-order valence-corrected chi connectivity index (χ4v) is 2.46. The molecule has 1 amide bonds. The van der Waals surface area contributed by atoms with E-state index in [9.17, 15) is 4.79 Å². The van der Waals surface area contributed by atoms with Gasteiger partial charge in [0, 0.05) is 37.4 Å². The maximum Gasteiger partial charge on any atom is 0.248 e. The standard InChI is InChI=1S/C20H19N3O/c1-23(2)16-7-5-6-15(14-16)10-11-20(24)22-19-12-13-21-18-9-4-3-8-17(18)19/h3-14H,1-2H3,(H,21,22,24)/b11-10+. The van der Waals surface area contributed by atoms with E-state index in [1.807, 2.05) is 73.6 Å². The molecule has 0 bridgehead atoms. The second kappa shape index (κ2) is 6.96. The van der Waals surface area contributed by atoms with Crippen LogP contribution in [0.2, 0.25) is 0 Å². The van der Waals surface area contributed by atoms with Crippen LogP contribution in [0.5, 0.6) is 0 Å². The topological polar surface area (TPSA) is 45.2 Å². The third-order valence-corrected chi connectivity index (χ3v) is 3.72. The van der Waals surface area contributed by atoms with Crippen molar-refractivity contribution in [1.29, 1.82) is 0 Å². The minimum absolute atomic E-state index is 0.165. The number of aromatic nitrogens is 1. The molecule has 4 heteroatoms. The van der Waals surface area contributed by atoms with Gasteiger partial charge in [-0.25, -0.2) is 0 Å². The summed E-state index contributed by atoms with van der Waals surface area (Å²) in [5, 5.41) is 3.84. The van der Waals surface area contributed by atoms with Gasteiger partial charge in [0.05, 0.1) is 11.2 Å². The number of anilines is 2. The van der Waals surface area contributed by atoms with Crippen molar-refractivity contribution in [3.63, 3.8) is 0 Å². The molecule has 0 radical (unpaired) electrons. The number of amides is 1. The zero-order chi connectivity index (χ0) is 16.9. The first kappa shape index (κ1) is 15.7. The summed E-state index contributed by atoms with van der Waals surface area (Å²) in [6.45, 7) is 0. The average molecular weight is 317 g/mol. The number of pyridine rings is 1. The third-order valence-electron chi connectivity index (χ3n) is 3.72. The van der Waals surface area contributed by atoms with Gasteiger partial charge < -0.3 is 10.2 Å². The van der Waals surface area contributed by atoms with E-state index in [0.717, 1.165) is 27.8 Å². The number of carbonyl (C=O) groups excluding carboxylic acids is 1. The predicted octanol–water partition coefficient (Wildman–Crippen LogP) is 3.95. The second-order valence-electron chi connectivity index (χ2n) is 5.69. The Morgan fingerprint density at radius 3 is 2.75 bits per heavy atom. The van der Waals surface area contributed by atoms with Gasteiger partial charge in [0.2, 0.25) is 5.91 Å². The number of nitrogens with zero attached hydrogens (tertiary/aromatic N) is 2. The fourth-order valence-electron chi connectivity index (χ4n) is 2.46. The first-order valence-corrected chi connectivity index (χ1v) is 7.74. The largest absolute Gasteiger partial charge is 0.378 e. The van der Waals surface area contributed by atoms with Crippen molar-refractivity contribution in [2.24, 2.45) is 0 Å². The number of benzene rings is 2. The number of para-hydroxylation sites is 1. The van der Waals surface area contributed by atoms with Crippen LogP contribution in [0, 0.1) is 0 Å². The quantitative estimate of drug-likeness (QED) is 0.741. The van der Waals surface area contributed by atoms with Crippen molar-refractivity contribution in [2.45, 2.75) is 0 Å². The maximum atomic E-state index is 12.2. The molecule has 1 aromatic heterocycles. The van der Waals surface area contributed by atoms with Crippen LogP contribution in [0.4, 0.5) is 11.4 Å². The van der Waals surface area contributed by atoms with Crippen LogP contribution >= 0.6 is 0 Å². The third kappa shape index (κ3) is 3.60. The number of hydrogen-bond acceptors (Lipinski definition) is 3. The highest BCUT2D eigenvalue weighted by molar-refractivity contribution is 6.06. The van der Waals surface area contributed by atoms with Crippen LogP contribution in [0.25, 0.3) is 17.0 Å². The summed E-state index contributed by atoms with van der Waals surface area (Å²) in [4.78, 5) is 18.5. The number of carbonyl (C=O) groups is 1. The lowest BCUT2D eigenvalue weighted by Crippen LogP contribution is -2.09. The summed E-state index contributed by atoms with van der Waals surface area (Å²) in [6, 6.07) is 17.5. The highest BCUT2D eigenvalue weighted by Crippen LogP contribution is 2.21. The molecule has 0 aliphatic rings. The van der Waals surface area contributed by atoms with Crippen LogP contribution < -0.4 is 10.2 Å². The summed E-state index contributed by atoms with van der Waals surface area (Å²) in [5.41, 5.74) is 3.70. The molecule has 0 saturated heterocycles. The van der Waals surface area contributed by atoms with Crippen molar-refractivity contribution in [3.8, 4) is 0 Å². The Balaban J connectivity index is 1.76. The molecule has 2 aromatic carbocycles. The molecule has 0 spiro atoms. The average Bonchev–Trinajstić information content (AvgIpc) is 2.60. The van der Waals surface area contributed by atoms with Gasteiger partial charge in [-0.15, -0.1) is 0 Å². The van der Waals surface area contributed by atoms with E-state index in [0.29, 0.717) is 0 Å². The van der Waals surface area contributed by atoms with Crippen LogP contribution in [0.3, 0.4) is 0 Å². The van der Waals surface area contributed by atoms with Crippen LogP contribution in [0.15, 0.2) is 66.9 Å². The van der Waals surface area contributed by atoms with Gasteiger partial charge in [-0.1, -0.05) is 30.3 Å². The summed E-state index contributed by atoms with van der Waals surface area (Å²) in [6.07, 6.45) is 5.05. The van der Waals surface area contributed by atoms with Crippen molar-refractivity contribution in [1.82, 2.24) is 4.98 Å². The highest BCUT2D eigenvalue weighted by Gasteiger charge is 2.03. The molecule has 120 valence electrons. The molecule has 0 aliphatic heterocycles. The Hall–Kier alpha value is -3.14. The smallest absolute Gasteiger partial charge is 0.248 e. The van der Waals surface area contributed by atoms with E-state index >= 15 is 0 Å². The molecule has 1 heterocycles. The Morgan fingerprint density at radius 1 is 1.08 bits per heavy atom. The number of rotatable bonds is 4. The molecule has 1 N–H and O–H groups in total. The lowest BCUT2D eigenvalue weighted by molar-refractivity contribution is -0.111. The Kier molecular flexibility index (Phi) is 4.57. The molecule has 3 aromatic rings. The fraction of sp³-hybridized carbons (Fsp3) is 0.100. The van der Waals surface area contributed by atoms with Crippen molar-refractivity contribution in [3.05, 3.63) is 72.4 Å². The van der Waals surface area contributed by atoms with Crippen LogP contribution in [0.1, 0.15) is 5.56 Å². The SMILES string of the molecule is CN(C)c1cccc(/C=C/C(=O)Nc2ccnc3ccccc23)c1. The monoisotopic (exact) mass is 317 g/mol. The molecule has 24 heavy (non-hydrogen) atoms. The minimum atomic E-state index is -0.165. The molecule has 0 atom stereocenters. The van der Waals surface area contributed by atoms with Gasteiger partial charge in [0.1, 0.15) is 0 Å². The normalized spacial score (nSPS) is 10.9. The molecule has 0 saturated carbocycles. The zero-order valence-corrected chi connectivity index (χ0v) is 13.7. The maximum absolute atomic E-state index is 12.2. The molecule has 0 unspecified atom stereocenters. The minimum Gasteiger partial charge on any atom is -0.378 e. The molecular formula is C20H19N3O. The van der Waals surface area contributed by atoms with Gasteiger partial charge >= 0.3 is 0 Å². The molecule has 4 nitrogen and oxygen atoms in total. The highest BCUT2D eigenvalue weighted by atomic mass is 16.1. The second-order valence-corrected chi connectivity index (χ2v) is 5.69. The number of hydrogen-bond donors (Lipinski definition) is 1. The predicted molar refractivity (Wildman–Crippen MR) is 100 cm³/mol. The zero-order valence-electron chi connectivity index (χ0n) is 13.7. The van der Waals surface area contributed by atoms with E-state index in [2.05, 4.69) is 10.3 Å². The molecule has 0 fully saturated rings. The van der Waals surface area contributed by atoms with Gasteiger partial charge in [0.25, 0.3) is 0 Å². The first-order valence-electron chi connectivity index (χ1n) is 7.74. The molecule has 0 aliphatic carbocycles. The number of nitrogens with one attached hydrogen (secondary N) is 1. The van der Waals surface area contributed by atoms with Crippen molar-refractivity contribution >= 4 is 34.3 Å². The Bertz CT molecular complexity index is 895. The Labute approximate surface area is 141 Å². The summed E-state index contributed by atoms with van der Waals surface area (Å²) < 4.78 is 0. The Morgan fingerprint density at radius 2 is 1.92 bits per heavy atom. The van der Waals surface area contributed by atoms with E-state index in [1.54, 1.807) is 18.3 Å². The van der Waals surface area contributed by atoms with E-state index in [4.69, 9.17) is 0 Å². The summed E-state index contributed by atoms with van der Waals surface area (Å²) >= 11 is 0. The van der Waals surface area contributed by atoms with Gasteiger partial charge in [-0.05, 0) is 35.9 Å². The van der Waals surface area contributed by atoms with Gasteiger partial charge in [-0.2, -0.15) is 0 Å². The lowest BCUT2D eigenvalue weighted by Gasteiger charge is -2.12. The van der Waals surface area contributed by atoms with Crippen LogP contribution in [-0.4, -0.2) is 25.0 Å². The summed E-state index contributed by atoms with van der Waals surface area (Å²) in [5.74, 6) is -0.165. The van der Waals surface area contributed by atoms with Crippen molar-refractivity contribution in [2.75, 3.05) is 24.3 Å². The molecule has 3 rings (SSSR count). The summed E-state index contributed by atoms with van der Waals surface area (Å²) in [7, 11) is 3.98. The lowest BCUT2D eigenvalue weighted by atomic mass is 10.1. The molecular weight excluding hydrogens is 298 g/mol. The van der Waals surface area contributed by atoms with E-state index in [-0.39, 0.29) is 5.91 Å².